The predicted molar refractivity (Wildman–Crippen MR) is 144 cm³/mol. The molecule has 1 aliphatic heterocycles. The molecule has 2 N–H and O–H groups in total. The molecule has 4 heterocycles. The number of benzene rings is 2. The number of nitrogens with one attached hydrogen (secondary N) is 2. The first-order valence-electron chi connectivity index (χ1n) is 12.9. The van der Waals surface area contributed by atoms with Crippen LogP contribution in [0.1, 0.15) is 11.1 Å². The molecule has 15 heteroatoms. The second-order valence-corrected chi connectivity index (χ2v) is 9.68. The lowest BCUT2D eigenvalue weighted by atomic mass is 10.1. The Balaban J connectivity index is 1.36. The third kappa shape index (κ3) is 5.27. The monoisotopic (exact) mass is 579 g/mol. The number of carbonyl (C=O) groups excluding carboxylic acids is 2. The number of nitrogens with zero attached hydrogens (tertiary/aromatic N) is 7. The Labute approximate surface area is 236 Å². The predicted octanol–water partition coefficient (Wildman–Crippen LogP) is 3.25. The average molecular weight is 580 g/mol. The third-order valence-corrected chi connectivity index (χ3v) is 6.74. The van der Waals surface area contributed by atoms with E-state index < -0.39 is 29.8 Å². The summed E-state index contributed by atoms with van der Waals surface area (Å²) in [6, 6.07) is 11.8. The van der Waals surface area contributed by atoms with E-state index >= 15 is 0 Å². The summed E-state index contributed by atoms with van der Waals surface area (Å²) in [6.07, 6.45) is -2.19. The molecule has 0 radical (unpaired) electrons. The van der Waals surface area contributed by atoms with Gasteiger partial charge in [-0.2, -0.15) is 22.8 Å². The van der Waals surface area contributed by atoms with E-state index in [0.717, 1.165) is 16.1 Å². The van der Waals surface area contributed by atoms with Crippen LogP contribution in [0.15, 0.2) is 60.9 Å². The van der Waals surface area contributed by atoms with Crippen LogP contribution in [0.2, 0.25) is 0 Å². The van der Waals surface area contributed by atoms with Crippen LogP contribution in [0.25, 0.3) is 27.9 Å². The number of ether oxygens (including phenoxy) is 1. The zero-order chi connectivity index (χ0) is 29.4. The number of aryl methyl sites for hydroxylation is 1. The van der Waals surface area contributed by atoms with E-state index in [1.807, 2.05) is 30.3 Å². The molecule has 2 amide bonds. The van der Waals surface area contributed by atoms with Gasteiger partial charge in [-0.15, -0.1) is 5.10 Å². The van der Waals surface area contributed by atoms with E-state index in [0.29, 0.717) is 5.56 Å². The normalized spacial score (nSPS) is 16.0. The van der Waals surface area contributed by atoms with Crippen molar-refractivity contribution in [1.29, 1.82) is 0 Å². The molecule has 1 fully saturated rings. The molecule has 0 saturated carbocycles. The van der Waals surface area contributed by atoms with Crippen molar-refractivity contribution in [3.63, 3.8) is 0 Å². The Morgan fingerprint density at radius 2 is 1.95 bits per heavy atom. The average Bonchev–Trinajstić information content (AvgIpc) is 3.56. The number of fused-ring (bicyclic) bond motifs is 3. The number of aromatic nitrogens is 6. The number of halogens is 3. The highest BCUT2D eigenvalue weighted by molar-refractivity contribution is 5.96. The highest BCUT2D eigenvalue weighted by Gasteiger charge is 2.35. The number of rotatable bonds is 5. The quantitative estimate of drug-likeness (QED) is 0.325. The van der Waals surface area contributed by atoms with Crippen molar-refractivity contribution in [3.8, 4) is 11.4 Å². The maximum Gasteiger partial charge on any atom is 0.417 e. The lowest BCUT2D eigenvalue weighted by Crippen LogP contribution is -2.44. The first-order chi connectivity index (χ1) is 20.2. The molecule has 5 aromatic rings. The summed E-state index contributed by atoms with van der Waals surface area (Å²) in [5.74, 6) is -0.340. The van der Waals surface area contributed by atoms with Gasteiger partial charge in [0.25, 0.3) is 0 Å². The van der Waals surface area contributed by atoms with Crippen LogP contribution in [0, 0.1) is 0 Å². The van der Waals surface area contributed by atoms with Gasteiger partial charge in [0, 0.05) is 26.3 Å². The molecule has 1 saturated heterocycles. The molecule has 3 aromatic heterocycles. The van der Waals surface area contributed by atoms with Crippen molar-refractivity contribution in [2.45, 2.75) is 18.8 Å². The topological polar surface area (TPSA) is 132 Å². The van der Waals surface area contributed by atoms with Crippen molar-refractivity contribution in [3.05, 3.63) is 72.1 Å². The molecule has 1 aliphatic rings. The highest BCUT2D eigenvalue weighted by atomic mass is 19.4. The summed E-state index contributed by atoms with van der Waals surface area (Å²) in [6.45, 7) is 0.344. The van der Waals surface area contributed by atoms with E-state index in [1.54, 1.807) is 13.2 Å². The van der Waals surface area contributed by atoms with Crippen LogP contribution in [0.3, 0.4) is 0 Å². The molecule has 0 spiro atoms. The molecule has 216 valence electrons. The van der Waals surface area contributed by atoms with E-state index in [4.69, 9.17) is 4.74 Å². The minimum Gasteiger partial charge on any atom is -0.445 e. The minimum atomic E-state index is -4.68. The lowest BCUT2D eigenvalue weighted by Gasteiger charge is -2.23. The van der Waals surface area contributed by atoms with Gasteiger partial charge < -0.3 is 20.3 Å². The SMILES string of the molecule is Cn1cc(-c2nc3c4c(C(F)(F)F)cccc4nc(N[C@@H]4CN(C(=O)OCc5ccccc5)CCNC4=O)n3n2)cn1. The van der Waals surface area contributed by atoms with Gasteiger partial charge in [-0.05, 0) is 17.7 Å². The minimum absolute atomic E-state index is 0.00174. The number of hydrogen-bond donors (Lipinski definition) is 2. The van der Waals surface area contributed by atoms with Crippen LogP contribution in [0.4, 0.5) is 23.9 Å². The Morgan fingerprint density at radius 1 is 1.14 bits per heavy atom. The Kier molecular flexibility index (Phi) is 6.84. The Hall–Kier alpha value is -5.21. The van der Waals surface area contributed by atoms with Gasteiger partial charge in [0.05, 0.1) is 34.8 Å². The fourth-order valence-electron chi connectivity index (χ4n) is 4.72. The van der Waals surface area contributed by atoms with Gasteiger partial charge in [0.15, 0.2) is 11.5 Å². The van der Waals surface area contributed by atoms with Crippen LogP contribution in [-0.2, 0) is 29.4 Å². The third-order valence-electron chi connectivity index (χ3n) is 6.74. The molecule has 6 rings (SSSR count). The van der Waals surface area contributed by atoms with Gasteiger partial charge in [-0.3, -0.25) is 9.48 Å². The van der Waals surface area contributed by atoms with Crippen molar-refractivity contribution < 1.29 is 27.5 Å². The van der Waals surface area contributed by atoms with Crippen LogP contribution < -0.4 is 10.6 Å². The molecular formula is C27H24F3N9O3. The maximum atomic E-state index is 14.0. The van der Waals surface area contributed by atoms with Gasteiger partial charge >= 0.3 is 12.3 Å². The first kappa shape index (κ1) is 27.0. The van der Waals surface area contributed by atoms with E-state index in [9.17, 15) is 22.8 Å². The van der Waals surface area contributed by atoms with Crippen LogP contribution >= 0.6 is 0 Å². The molecule has 0 unspecified atom stereocenters. The summed E-state index contributed by atoms with van der Waals surface area (Å²) in [4.78, 5) is 36.1. The van der Waals surface area contributed by atoms with Crippen molar-refractivity contribution >= 4 is 34.5 Å². The Bertz CT molecular complexity index is 1790. The van der Waals surface area contributed by atoms with Crippen LogP contribution in [0.5, 0.6) is 0 Å². The molecule has 2 aromatic carbocycles. The second kappa shape index (κ2) is 10.6. The zero-order valence-corrected chi connectivity index (χ0v) is 22.2. The number of carbonyl (C=O) groups is 2. The Morgan fingerprint density at radius 3 is 2.69 bits per heavy atom. The summed E-state index contributed by atoms with van der Waals surface area (Å²) >= 11 is 0. The van der Waals surface area contributed by atoms with Crippen molar-refractivity contribution in [1.82, 2.24) is 39.6 Å². The summed E-state index contributed by atoms with van der Waals surface area (Å²) in [5.41, 5.74) is 0.250. The molecular weight excluding hydrogens is 555 g/mol. The lowest BCUT2D eigenvalue weighted by molar-refractivity contribution is -0.136. The first-order valence-corrected chi connectivity index (χ1v) is 12.9. The standard InChI is InChI=1S/C27H24F3N9O3/c1-37-13-17(12-32-37)22-35-23-21-18(27(28,29)30)8-5-9-19(21)33-25(39(23)36-22)34-20-14-38(11-10-31-24(20)40)26(41)42-15-16-6-3-2-4-7-16/h2-9,12-13,20H,10-11,14-15H2,1H3,(H,31,40)(H,33,34)/t20-/m1/s1. The molecule has 0 bridgehead atoms. The molecule has 1 atom stereocenters. The van der Waals surface area contributed by atoms with Gasteiger partial charge in [-0.1, -0.05) is 36.4 Å². The van der Waals surface area contributed by atoms with Gasteiger partial charge in [0.2, 0.25) is 11.9 Å². The highest BCUT2D eigenvalue weighted by Crippen LogP contribution is 2.37. The molecule has 0 aliphatic carbocycles. The fraction of sp³-hybridized carbons (Fsp3) is 0.259. The van der Waals surface area contributed by atoms with Gasteiger partial charge in [-0.25, -0.2) is 14.8 Å². The number of amides is 2. The van der Waals surface area contributed by atoms with Crippen molar-refractivity contribution in [2.75, 3.05) is 25.0 Å². The van der Waals surface area contributed by atoms with E-state index in [2.05, 4.69) is 30.8 Å². The maximum absolute atomic E-state index is 14.0. The number of anilines is 1. The fourth-order valence-corrected chi connectivity index (χ4v) is 4.72. The van der Waals surface area contributed by atoms with E-state index in [-0.39, 0.29) is 54.6 Å². The van der Waals surface area contributed by atoms with Crippen molar-refractivity contribution in [2.24, 2.45) is 7.05 Å². The zero-order valence-electron chi connectivity index (χ0n) is 22.2. The molecule has 42 heavy (non-hydrogen) atoms. The smallest absolute Gasteiger partial charge is 0.417 e. The number of hydrogen-bond acceptors (Lipinski definition) is 8. The summed E-state index contributed by atoms with van der Waals surface area (Å²) in [5, 5.41) is 14.0. The van der Waals surface area contributed by atoms with Gasteiger partial charge in [0.1, 0.15) is 12.6 Å². The largest absolute Gasteiger partial charge is 0.445 e. The molecule has 12 nitrogen and oxygen atoms in total. The number of alkyl halides is 3. The van der Waals surface area contributed by atoms with Crippen LogP contribution in [-0.4, -0.2) is 71.9 Å². The summed E-state index contributed by atoms with van der Waals surface area (Å²) < 4.78 is 50.2. The summed E-state index contributed by atoms with van der Waals surface area (Å²) in [7, 11) is 1.69. The second-order valence-electron chi connectivity index (χ2n) is 9.68. The van der Waals surface area contributed by atoms with E-state index in [1.165, 1.54) is 27.9 Å².